The van der Waals surface area contributed by atoms with E-state index >= 15 is 0 Å². The van der Waals surface area contributed by atoms with Crippen molar-refractivity contribution in [2.24, 2.45) is 5.92 Å². The molecule has 0 spiro atoms. The van der Waals surface area contributed by atoms with Gasteiger partial charge in [-0.3, -0.25) is 4.79 Å². The third-order valence-corrected chi connectivity index (χ3v) is 4.78. The van der Waals surface area contributed by atoms with Crippen LogP contribution in [-0.4, -0.2) is 16.6 Å². The molecule has 0 aliphatic heterocycles. The highest BCUT2D eigenvalue weighted by Crippen LogP contribution is 2.37. The minimum absolute atomic E-state index is 0.0868. The van der Waals surface area contributed by atoms with Gasteiger partial charge in [-0.25, -0.2) is 0 Å². The molecule has 2 rings (SSSR count). The van der Waals surface area contributed by atoms with E-state index in [1.54, 1.807) is 0 Å². The first-order chi connectivity index (χ1) is 10.5. The van der Waals surface area contributed by atoms with Crippen LogP contribution < -0.4 is 0 Å². The van der Waals surface area contributed by atoms with Crippen LogP contribution in [0.5, 0.6) is 0 Å². The number of rotatable bonds is 5. The van der Waals surface area contributed by atoms with Crippen LogP contribution in [0.3, 0.4) is 0 Å². The lowest BCUT2D eigenvalue weighted by Crippen LogP contribution is -2.21. The zero-order chi connectivity index (χ0) is 16.3. The van der Waals surface area contributed by atoms with Crippen molar-refractivity contribution in [1.29, 1.82) is 0 Å². The molecule has 22 heavy (non-hydrogen) atoms. The molecule has 0 radical (unpaired) electrons. The molecule has 1 aromatic rings. The average molecular weight is 318 g/mol. The quantitative estimate of drug-likeness (QED) is 0.773. The Morgan fingerprint density at radius 1 is 1.18 bits per heavy atom. The number of hydrogen-bond acceptors (Lipinski definition) is 3. The maximum atomic E-state index is 12.7. The molecule has 1 aliphatic carbocycles. The summed E-state index contributed by atoms with van der Waals surface area (Å²) in [6.45, 7) is 6.29. The second kappa shape index (κ2) is 7.36. The average Bonchev–Trinajstić information content (AvgIpc) is 2.47. The van der Waals surface area contributed by atoms with E-state index in [1.165, 1.54) is 16.7 Å². The number of ketones is 1. The van der Waals surface area contributed by atoms with Crippen molar-refractivity contribution in [2.45, 2.75) is 52.9 Å². The summed E-state index contributed by atoms with van der Waals surface area (Å²) in [6, 6.07) is 4.28. The minimum Gasteiger partial charge on any atom is -0.512 e. The fourth-order valence-corrected chi connectivity index (χ4v) is 3.83. The Morgan fingerprint density at radius 2 is 1.77 bits per heavy atom. The second-order valence-corrected chi connectivity index (χ2v) is 6.64. The van der Waals surface area contributed by atoms with Gasteiger partial charge in [-0.1, -0.05) is 31.5 Å². The van der Waals surface area contributed by atoms with Crippen molar-refractivity contribution < 1.29 is 9.90 Å². The number of allylic oxidation sites excluding steroid dienone is 2. The Kier molecular flexibility index (Phi) is 5.74. The van der Waals surface area contributed by atoms with E-state index in [4.69, 9.17) is 0 Å². The molecule has 0 bridgehead atoms. The molecule has 0 saturated heterocycles. The summed E-state index contributed by atoms with van der Waals surface area (Å²) in [5, 5.41) is 10.5. The third-order valence-electron chi connectivity index (χ3n) is 4.52. The molecule has 0 amide bonds. The van der Waals surface area contributed by atoms with Gasteiger partial charge in [0, 0.05) is 12.8 Å². The lowest BCUT2D eigenvalue weighted by molar-refractivity contribution is -0.115. The Hall–Kier alpha value is -1.22. The van der Waals surface area contributed by atoms with E-state index in [-0.39, 0.29) is 17.5 Å². The van der Waals surface area contributed by atoms with Crippen LogP contribution in [0.15, 0.2) is 17.9 Å². The predicted octanol–water partition coefficient (Wildman–Crippen LogP) is 4.69. The van der Waals surface area contributed by atoms with Gasteiger partial charge in [-0.2, -0.15) is 12.6 Å². The Labute approximate surface area is 139 Å². The molecule has 1 N–H and O–H groups in total. The van der Waals surface area contributed by atoms with Gasteiger partial charge < -0.3 is 5.11 Å². The fourth-order valence-electron chi connectivity index (χ4n) is 3.46. The summed E-state index contributed by atoms with van der Waals surface area (Å²) in [7, 11) is 0. The highest BCUT2D eigenvalue weighted by molar-refractivity contribution is 7.80. The summed E-state index contributed by atoms with van der Waals surface area (Å²) in [6.07, 6.45) is 3.74. The second-order valence-electron chi connectivity index (χ2n) is 6.20. The molecule has 0 fully saturated rings. The van der Waals surface area contributed by atoms with E-state index in [0.717, 1.165) is 30.6 Å². The number of thiol groups is 1. The first kappa shape index (κ1) is 17.1. The van der Waals surface area contributed by atoms with Crippen LogP contribution >= 0.6 is 12.6 Å². The molecule has 1 aliphatic rings. The SMILES string of the molecule is CCc1cc(C)cc(CC)c1C1=C(O)CC(CCS)CC1=O. The summed E-state index contributed by atoms with van der Waals surface area (Å²) in [5.74, 6) is 1.35. The Bertz CT molecular complexity index is 576. The summed E-state index contributed by atoms with van der Waals surface area (Å²) in [4.78, 5) is 12.7. The van der Waals surface area contributed by atoms with Gasteiger partial charge in [0.2, 0.25) is 0 Å². The van der Waals surface area contributed by atoms with Crippen LogP contribution in [0.25, 0.3) is 5.57 Å². The van der Waals surface area contributed by atoms with Crippen LogP contribution in [0.2, 0.25) is 0 Å². The molecule has 2 nitrogen and oxygen atoms in total. The smallest absolute Gasteiger partial charge is 0.167 e. The summed E-state index contributed by atoms with van der Waals surface area (Å²) < 4.78 is 0. The zero-order valence-corrected chi connectivity index (χ0v) is 14.7. The molecule has 3 heteroatoms. The standard InChI is InChI=1S/C19H26O2S/c1-4-14-8-12(3)9-15(5-2)18(14)19-16(20)10-13(6-7-22)11-17(19)21/h8-9,13,20,22H,4-7,10-11H2,1-3H3. The number of aryl methyl sites for hydroxylation is 3. The minimum atomic E-state index is 0.0868. The van der Waals surface area contributed by atoms with Gasteiger partial charge in [0.25, 0.3) is 0 Å². The highest BCUT2D eigenvalue weighted by atomic mass is 32.1. The molecule has 120 valence electrons. The van der Waals surface area contributed by atoms with Gasteiger partial charge in [0.1, 0.15) is 5.76 Å². The van der Waals surface area contributed by atoms with E-state index in [2.05, 4.69) is 45.5 Å². The van der Waals surface area contributed by atoms with Crippen molar-refractivity contribution in [2.75, 3.05) is 5.75 Å². The predicted molar refractivity (Wildman–Crippen MR) is 95.7 cm³/mol. The van der Waals surface area contributed by atoms with Gasteiger partial charge in [-0.15, -0.1) is 0 Å². The van der Waals surface area contributed by atoms with Crippen molar-refractivity contribution in [1.82, 2.24) is 0 Å². The van der Waals surface area contributed by atoms with Crippen molar-refractivity contribution in [3.8, 4) is 0 Å². The Balaban J connectivity index is 2.55. The maximum absolute atomic E-state index is 12.7. The first-order valence-corrected chi connectivity index (χ1v) is 8.83. The lowest BCUT2D eigenvalue weighted by Gasteiger charge is -2.26. The number of carbonyl (C=O) groups excluding carboxylic acids is 1. The molecule has 0 saturated carbocycles. The van der Waals surface area contributed by atoms with Crippen LogP contribution in [0, 0.1) is 12.8 Å². The number of aliphatic hydroxyl groups excluding tert-OH is 1. The molecular weight excluding hydrogens is 292 g/mol. The molecular formula is C19H26O2S. The number of carbonyl (C=O) groups is 1. The Morgan fingerprint density at radius 3 is 2.23 bits per heavy atom. The molecule has 1 aromatic carbocycles. The molecule has 1 unspecified atom stereocenters. The van der Waals surface area contributed by atoms with E-state index < -0.39 is 0 Å². The summed E-state index contributed by atoms with van der Waals surface area (Å²) in [5.41, 5.74) is 5.11. The number of benzene rings is 1. The topological polar surface area (TPSA) is 37.3 Å². The molecule has 0 heterocycles. The largest absolute Gasteiger partial charge is 0.512 e. The zero-order valence-electron chi connectivity index (χ0n) is 13.8. The van der Waals surface area contributed by atoms with Crippen molar-refractivity contribution >= 4 is 24.0 Å². The van der Waals surface area contributed by atoms with E-state index in [1.807, 2.05) is 0 Å². The monoisotopic (exact) mass is 318 g/mol. The van der Waals surface area contributed by atoms with Crippen molar-refractivity contribution in [3.63, 3.8) is 0 Å². The third kappa shape index (κ3) is 3.40. The van der Waals surface area contributed by atoms with E-state index in [9.17, 15) is 9.90 Å². The molecule has 0 aromatic heterocycles. The normalized spacial score (nSPS) is 18.9. The number of Topliss-reactive ketones (excluding diaryl/α,β-unsaturated/α-hetero) is 1. The summed E-state index contributed by atoms with van der Waals surface area (Å²) >= 11 is 4.25. The van der Waals surface area contributed by atoms with Gasteiger partial charge in [-0.05, 0) is 54.5 Å². The van der Waals surface area contributed by atoms with Crippen LogP contribution in [0.1, 0.15) is 55.4 Å². The van der Waals surface area contributed by atoms with Crippen LogP contribution in [-0.2, 0) is 17.6 Å². The van der Waals surface area contributed by atoms with Gasteiger partial charge in [0.15, 0.2) is 5.78 Å². The fraction of sp³-hybridized carbons (Fsp3) is 0.526. The number of aliphatic hydroxyl groups is 1. The number of hydrogen-bond donors (Lipinski definition) is 2. The first-order valence-electron chi connectivity index (χ1n) is 8.20. The highest BCUT2D eigenvalue weighted by Gasteiger charge is 2.30. The van der Waals surface area contributed by atoms with Gasteiger partial charge in [0.05, 0.1) is 5.57 Å². The van der Waals surface area contributed by atoms with Gasteiger partial charge >= 0.3 is 0 Å². The van der Waals surface area contributed by atoms with Crippen molar-refractivity contribution in [3.05, 3.63) is 40.1 Å². The van der Waals surface area contributed by atoms with E-state index in [0.29, 0.717) is 18.4 Å². The van der Waals surface area contributed by atoms with Crippen LogP contribution in [0.4, 0.5) is 0 Å². The lowest BCUT2D eigenvalue weighted by atomic mass is 9.79. The maximum Gasteiger partial charge on any atom is 0.167 e. The molecule has 1 atom stereocenters.